The number of nitrogens with two attached hydrogens (primary N) is 1. The Hall–Kier alpha value is -1.39. The van der Waals surface area contributed by atoms with Gasteiger partial charge < -0.3 is 15.5 Å². The minimum atomic E-state index is -0.468. The zero-order chi connectivity index (χ0) is 15.2. The highest BCUT2D eigenvalue weighted by atomic mass is 16.2. The van der Waals surface area contributed by atoms with Crippen LogP contribution in [0, 0.1) is 0 Å². The summed E-state index contributed by atoms with van der Waals surface area (Å²) in [4.78, 5) is 16.4. The van der Waals surface area contributed by atoms with Gasteiger partial charge in [-0.25, -0.2) is 0 Å². The lowest BCUT2D eigenvalue weighted by Crippen LogP contribution is -2.43. The molecular formula is C16H27N3O. The van der Waals surface area contributed by atoms with Gasteiger partial charge in [0.15, 0.2) is 0 Å². The van der Waals surface area contributed by atoms with Crippen molar-refractivity contribution in [2.24, 2.45) is 5.73 Å². The second kappa shape index (κ2) is 7.41. The summed E-state index contributed by atoms with van der Waals surface area (Å²) >= 11 is 0. The van der Waals surface area contributed by atoms with Crippen molar-refractivity contribution < 1.29 is 4.79 Å². The zero-order valence-corrected chi connectivity index (χ0v) is 13.1. The van der Waals surface area contributed by atoms with Crippen molar-refractivity contribution in [2.45, 2.75) is 32.4 Å². The maximum Gasteiger partial charge on any atom is 0.224 e. The van der Waals surface area contributed by atoms with Crippen molar-refractivity contribution in [1.82, 2.24) is 9.80 Å². The fraction of sp³-hybridized carbons (Fsp3) is 0.562. The third-order valence-electron chi connectivity index (χ3n) is 2.99. The minimum absolute atomic E-state index is 0.114. The third kappa shape index (κ3) is 6.68. The van der Waals surface area contributed by atoms with E-state index in [1.54, 1.807) is 0 Å². The molecule has 0 fully saturated rings. The molecule has 4 nitrogen and oxygen atoms in total. The molecule has 0 aromatic heterocycles. The van der Waals surface area contributed by atoms with Gasteiger partial charge in [0.05, 0.1) is 0 Å². The van der Waals surface area contributed by atoms with Crippen molar-refractivity contribution in [3.8, 4) is 0 Å². The van der Waals surface area contributed by atoms with Crippen molar-refractivity contribution in [3.63, 3.8) is 0 Å². The summed E-state index contributed by atoms with van der Waals surface area (Å²) in [5, 5.41) is 0. The highest BCUT2D eigenvalue weighted by Gasteiger charge is 2.21. The largest absolute Gasteiger partial charge is 0.337 e. The topological polar surface area (TPSA) is 49.6 Å². The molecule has 0 bridgehead atoms. The molecule has 0 aliphatic heterocycles. The van der Waals surface area contributed by atoms with Gasteiger partial charge in [0, 0.05) is 31.6 Å². The summed E-state index contributed by atoms with van der Waals surface area (Å²) in [6, 6.07) is 10.1. The number of nitrogens with zero attached hydrogens (tertiary/aromatic N) is 2. The Balaban J connectivity index is 2.71. The second-order valence-corrected chi connectivity index (χ2v) is 6.27. The Morgan fingerprint density at radius 2 is 1.75 bits per heavy atom. The van der Waals surface area contributed by atoms with Crippen LogP contribution in [-0.4, -0.2) is 48.4 Å². The molecule has 0 saturated heterocycles. The molecule has 4 heteroatoms. The van der Waals surface area contributed by atoms with Gasteiger partial charge in [-0.1, -0.05) is 30.3 Å². The van der Waals surface area contributed by atoms with Gasteiger partial charge in [-0.2, -0.15) is 0 Å². The first kappa shape index (κ1) is 16.7. The molecule has 0 aliphatic rings. The van der Waals surface area contributed by atoms with Crippen LogP contribution >= 0.6 is 0 Å². The van der Waals surface area contributed by atoms with E-state index in [1.165, 1.54) is 0 Å². The molecule has 0 aliphatic carbocycles. The summed E-state index contributed by atoms with van der Waals surface area (Å²) in [6.45, 7) is 5.99. The summed E-state index contributed by atoms with van der Waals surface area (Å²) in [6.07, 6.45) is 0.368. The standard InChI is InChI=1S/C16H27N3O/c1-16(2,17)12-15(20)19(11-10-18(3)4)13-14-8-6-5-7-9-14/h5-9H,10-13,17H2,1-4H3. The molecule has 0 spiro atoms. The molecule has 0 unspecified atom stereocenters. The lowest BCUT2D eigenvalue weighted by molar-refractivity contribution is -0.133. The van der Waals surface area contributed by atoms with Crippen molar-refractivity contribution in [2.75, 3.05) is 27.2 Å². The fourth-order valence-corrected chi connectivity index (χ4v) is 1.92. The van der Waals surface area contributed by atoms with E-state index in [2.05, 4.69) is 4.90 Å². The van der Waals surface area contributed by atoms with Crippen molar-refractivity contribution >= 4 is 5.91 Å². The Kier molecular flexibility index (Phi) is 6.17. The van der Waals surface area contributed by atoms with Gasteiger partial charge in [-0.15, -0.1) is 0 Å². The molecule has 1 aromatic rings. The highest BCUT2D eigenvalue weighted by Crippen LogP contribution is 2.11. The molecule has 1 rings (SSSR count). The Labute approximate surface area is 122 Å². The molecule has 0 radical (unpaired) electrons. The highest BCUT2D eigenvalue weighted by molar-refractivity contribution is 5.77. The lowest BCUT2D eigenvalue weighted by Gasteiger charge is -2.28. The van der Waals surface area contributed by atoms with E-state index in [0.29, 0.717) is 13.0 Å². The molecule has 0 heterocycles. The first-order valence-electron chi connectivity index (χ1n) is 7.03. The van der Waals surface area contributed by atoms with E-state index in [4.69, 9.17) is 5.73 Å². The first-order valence-corrected chi connectivity index (χ1v) is 7.03. The van der Waals surface area contributed by atoms with Gasteiger partial charge in [0.25, 0.3) is 0 Å². The molecule has 1 amide bonds. The summed E-state index contributed by atoms with van der Waals surface area (Å²) in [5.74, 6) is 0.114. The molecule has 20 heavy (non-hydrogen) atoms. The lowest BCUT2D eigenvalue weighted by atomic mass is 10.0. The number of amides is 1. The van der Waals surface area contributed by atoms with E-state index in [1.807, 2.05) is 63.2 Å². The van der Waals surface area contributed by atoms with Crippen LogP contribution in [-0.2, 0) is 11.3 Å². The van der Waals surface area contributed by atoms with Gasteiger partial charge in [0.1, 0.15) is 0 Å². The van der Waals surface area contributed by atoms with Crippen LogP contribution < -0.4 is 5.73 Å². The molecule has 2 N–H and O–H groups in total. The number of rotatable bonds is 7. The summed E-state index contributed by atoms with van der Waals surface area (Å²) in [7, 11) is 4.02. The van der Waals surface area contributed by atoms with Gasteiger partial charge >= 0.3 is 0 Å². The predicted molar refractivity (Wildman–Crippen MR) is 83.3 cm³/mol. The Morgan fingerprint density at radius 1 is 1.15 bits per heavy atom. The van der Waals surface area contributed by atoms with Crippen LogP contribution in [0.1, 0.15) is 25.8 Å². The average Bonchev–Trinajstić information content (AvgIpc) is 2.33. The minimum Gasteiger partial charge on any atom is -0.337 e. The van der Waals surface area contributed by atoms with Crippen LogP contribution in [0.15, 0.2) is 30.3 Å². The normalized spacial score (nSPS) is 11.7. The van der Waals surface area contributed by atoms with E-state index >= 15 is 0 Å². The third-order valence-corrected chi connectivity index (χ3v) is 2.99. The van der Waals surface area contributed by atoms with E-state index < -0.39 is 5.54 Å². The summed E-state index contributed by atoms with van der Waals surface area (Å²) < 4.78 is 0. The molecule has 1 aromatic carbocycles. The fourth-order valence-electron chi connectivity index (χ4n) is 1.92. The first-order chi connectivity index (χ1) is 9.28. The number of hydrogen-bond donors (Lipinski definition) is 1. The molecule has 0 saturated carbocycles. The molecular weight excluding hydrogens is 250 g/mol. The maximum absolute atomic E-state index is 12.4. The van der Waals surface area contributed by atoms with E-state index in [0.717, 1.165) is 18.7 Å². The quantitative estimate of drug-likeness (QED) is 0.825. The average molecular weight is 277 g/mol. The van der Waals surface area contributed by atoms with E-state index in [9.17, 15) is 4.79 Å². The van der Waals surface area contributed by atoms with E-state index in [-0.39, 0.29) is 5.91 Å². The van der Waals surface area contributed by atoms with Crippen LogP contribution in [0.5, 0.6) is 0 Å². The zero-order valence-electron chi connectivity index (χ0n) is 13.1. The molecule has 0 atom stereocenters. The monoisotopic (exact) mass is 277 g/mol. The van der Waals surface area contributed by atoms with Crippen molar-refractivity contribution in [3.05, 3.63) is 35.9 Å². The van der Waals surface area contributed by atoms with Gasteiger partial charge in [-0.3, -0.25) is 4.79 Å². The maximum atomic E-state index is 12.4. The number of carbonyl (C=O) groups excluding carboxylic acids is 1. The van der Waals surface area contributed by atoms with Crippen LogP contribution in [0.4, 0.5) is 0 Å². The smallest absolute Gasteiger partial charge is 0.224 e. The van der Waals surface area contributed by atoms with Gasteiger partial charge in [-0.05, 0) is 33.5 Å². The number of carbonyl (C=O) groups is 1. The number of likely N-dealkylation sites (N-methyl/N-ethyl adjacent to an activating group) is 1. The Morgan fingerprint density at radius 3 is 2.25 bits per heavy atom. The van der Waals surface area contributed by atoms with Crippen LogP contribution in [0.25, 0.3) is 0 Å². The Bertz CT molecular complexity index is 409. The van der Waals surface area contributed by atoms with Crippen LogP contribution in [0.2, 0.25) is 0 Å². The van der Waals surface area contributed by atoms with Crippen LogP contribution in [0.3, 0.4) is 0 Å². The second-order valence-electron chi connectivity index (χ2n) is 6.27. The number of hydrogen-bond acceptors (Lipinski definition) is 3. The SMILES string of the molecule is CN(C)CCN(Cc1ccccc1)C(=O)CC(C)(C)N. The molecule has 112 valence electrons. The summed E-state index contributed by atoms with van der Waals surface area (Å²) in [5.41, 5.74) is 6.65. The predicted octanol–water partition coefficient (Wildman–Crippen LogP) is 1.70. The van der Waals surface area contributed by atoms with Gasteiger partial charge in [0.2, 0.25) is 5.91 Å². The number of benzene rings is 1. The van der Waals surface area contributed by atoms with Crippen molar-refractivity contribution in [1.29, 1.82) is 0 Å².